The maximum atomic E-state index is 5.32. The fourth-order valence-corrected chi connectivity index (χ4v) is 4.97. The zero-order valence-corrected chi connectivity index (χ0v) is 14.0. The smallest absolute Gasteiger partial charge is 0.118 e. The molecule has 1 saturated carbocycles. The van der Waals surface area contributed by atoms with Crippen molar-refractivity contribution in [3.8, 4) is 5.75 Å². The highest BCUT2D eigenvalue weighted by atomic mass is 16.5. The van der Waals surface area contributed by atoms with E-state index >= 15 is 0 Å². The summed E-state index contributed by atoms with van der Waals surface area (Å²) in [6.07, 6.45) is 2.61. The Morgan fingerprint density at radius 1 is 1.00 bits per heavy atom. The van der Waals surface area contributed by atoms with Crippen LogP contribution in [-0.4, -0.2) is 20.7 Å². The molecular formula is C21H25NO. The van der Waals surface area contributed by atoms with Crippen LogP contribution in [0.25, 0.3) is 0 Å². The number of fused-ring (bicyclic) bond motifs is 2. The third-order valence-corrected chi connectivity index (χ3v) is 5.87. The molecule has 2 aromatic carbocycles. The first-order chi connectivity index (χ1) is 11.3. The molecule has 2 heteroatoms. The average molecular weight is 307 g/mol. The molecule has 3 aliphatic carbocycles. The summed E-state index contributed by atoms with van der Waals surface area (Å²) in [5.74, 6) is 3.66. The maximum Gasteiger partial charge on any atom is 0.118 e. The van der Waals surface area contributed by atoms with E-state index in [4.69, 9.17) is 4.74 Å². The van der Waals surface area contributed by atoms with Gasteiger partial charge in [0.2, 0.25) is 0 Å². The van der Waals surface area contributed by atoms with E-state index in [2.05, 4.69) is 60.9 Å². The van der Waals surface area contributed by atoms with Crippen LogP contribution in [0.2, 0.25) is 0 Å². The molecule has 2 aromatic rings. The quantitative estimate of drug-likeness (QED) is 0.910. The summed E-state index contributed by atoms with van der Waals surface area (Å²) in [6, 6.07) is 17.9. The minimum Gasteiger partial charge on any atom is -0.497 e. The topological polar surface area (TPSA) is 21.3 Å². The van der Waals surface area contributed by atoms with Gasteiger partial charge in [-0.05, 0) is 78.9 Å². The van der Waals surface area contributed by atoms with Crippen LogP contribution < -0.4 is 10.1 Å². The molecule has 4 atom stereocenters. The van der Waals surface area contributed by atoms with Crippen molar-refractivity contribution in [3.05, 3.63) is 65.2 Å². The van der Waals surface area contributed by atoms with Crippen molar-refractivity contribution in [3.63, 3.8) is 0 Å². The van der Waals surface area contributed by atoms with Crippen molar-refractivity contribution in [1.29, 1.82) is 0 Å². The van der Waals surface area contributed by atoms with Gasteiger partial charge in [-0.2, -0.15) is 0 Å². The van der Waals surface area contributed by atoms with Crippen LogP contribution in [-0.2, 0) is 0 Å². The predicted molar refractivity (Wildman–Crippen MR) is 94.3 cm³/mol. The standard InChI is InChI=1S/C21H25NO/c1-22-13-16-11-15-12-20(14-7-9-17(23-2)10-8-14)21(16)19-6-4-3-5-18(15)19/h3-10,15-16,20-22H,11-13H2,1-2H3/t15-,16-,20-,21+/m0/s1. The summed E-state index contributed by atoms with van der Waals surface area (Å²) < 4.78 is 5.32. The molecule has 0 saturated heterocycles. The van der Waals surface area contributed by atoms with E-state index in [1.54, 1.807) is 18.2 Å². The second-order valence-electron chi connectivity index (χ2n) is 7.02. The van der Waals surface area contributed by atoms with Gasteiger partial charge in [0.05, 0.1) is 7.11 Å². The molecule has 2 nitrogen and oxygen atoms in total. The first kappa shape index (κ1) is 14.8. The lowest BCUT2D eigenvalue weighted by Gasteiger charge is -2.49. The third-order valence-electron chi connectivity index (χ3n) is 5.87. The van der Waals surface area contributed by atoms with Crippen LogP contribution >= 0.6 is 0 Å². The number of hydrogen-bond acceptors (Lipinski definition) is 2. The Labute approximate surface area is 138 Å². The fraction of sp³-hybridized carbons (Fsp3) is 0.429. The maximum absolute atomic E-state index is 5.32. The Kier molecular flexibility index (Phi) is 3.86. The number of nitrogens with one attached hydrogen (secondary N) is 1. The molecule has 3 aliphatic rings. The van der Waals surface area contributed by atoms with Crippen molar-refractivity contribution in [1.82, 2.24) is 5.32 Å². The second-order valence-corrected chi connectivity index (χ2v) is 7.02. The highest BCUT2D eigenvalue weighted by Crippen LogP contribution is 2.58. The Balaban J connectivity index is 1.74. The van der Waals surface area contributed by atoms with Crippen LogP contribution in [0.1, 0.15) is 47.3 Å². The Hall–Kier alpha value is -1.80. The minimum absolute atomic E-state index is 0.632. The molecule has 0 spiro atoms. The molecule has 0 heterocycles. The molecule has 5 rings (SSSR count). The van der Waals surface area contributed by atoms with Crippen molar-refractivity contribution in [2.75, 3.05) is 20.7 Å². The van der Waals surface area contributed by atoms with Crippen molar-refractivity contribution >= 4 is 0 Å². The number of rotatable bonds is 4. The lowest BCUT2D eigenvalue weighted by Crippen LogP contribution is -2.39. The Morgan fingerprint density at radius 2 is 1.74 bits per heavy atom. The number of hydrogen-bond donors (Lipinski definition) is 1. The highest BCUT2D eigenvalue weighted by molar-refractivity contribution is 5.44. The van der Waals surface area contributed by atoms with Crippen molar-refractivity contribution in [2.24, 2.45) is 5.92 Å². The summed E-state index contributed by atoms with van der Waals surface area (Å²) in [5, 5.41) is 3.42. The molecule has 1 N–H and O–H groups in total. The van der Waals surface area contributed by atoms with Gasteiger partial charge in [0.25, 0.3) is 0 Å². The molecule has 2 bridgehead atoms. The number of ether oxygens (including phenoxy) is 1. The SMILES string of the molecule is CNC[C@@H]1C[C@H]2C[C@@H](c3ccc(OC)cc3)[C@H]1c1ccccc12. The van der Waals surface area contributed by atoms with E-state index in [0.717, 1.165) is 18.2 Å². The lowest BCUT2D eigenvalue weighted by molar-refractivity contribution is 0.214. The van der Waals surface area contributed by atoms with Gasteiger partial charge in [-0.25, -0.2) is 0 Å². The zero-order chi connectivity index (χ0) is 15.8. The van der Waals surface area contributed by atoms with Gasteiger partial charge >= 0.3 is 0 Å². The molecule has 1 fully saturated rings. The van der Waals surface area contributed by atoms with Crippen molar-refractivity contribution in [2.45, 2.75) is 30.6 Å². The molecule has 0 radical (unpaired) electrons. The number of methoxy groups -OCH3 is 1. The van der Waals surface area contributed by atoms with E-state index in [1.165, 1.54) is 18.4 Å². The van der Waals surface area contributed by atoms with Gasteiger partial charge in [-0.1, -0.05) is 36.4 Å². The summed E-state index contributed by atoms with van der Waals surface area (Å²) >= 11 is 0. The highest BCUT2D eigenvalue weighted by Gasteiger charge is 2.45. The minimum atomic E-state index is 0.632. The first-order valence-electron chi connectivity index (χ1n) is 8.69. The lowest BCUT2D eigenvalue weighted by atomic mass is 9.56. The Bertz CT molecular complexity index is 678. The van der Waals surface area contributed by atoms with Gasteiger partial charge in [-0.3, -0.25) is 0 Å². The van der Waals surface area contributed by atoms with Gasteiger partial charge in [0, 0.05) is 0 Å². The fourth-order valence-electron chi connectivity index (χ4n) is 4.97. The molecule has 0 amide bonds. The largest absolute Gasteiger partial charge is 0.497 e. The van der Waals surface area contributed by atoms with Gasteiger partial charge in [-0.15, -0.1) is 0 Å². The second kappa shape index (κ2) is 6.01. The van der Waals surface area contributed by atoms with E-state index in [0.29, 0.717) is 17.8 Å². The predicted octanol–water partition coefficient (Wildman–Crippen LogP) is 4.29. The average Bonchev–Trinajstić information content (AvgIpc) is 2.62. The van der Waals surface area contributed by atoms with Crippen LogP contribution in [0, 0.1) is 5.92 Å². The van der Waals surface area contributed by atoms with E-state index < -0.39 is 0 Å². The Morgan fingerprint density at radius 3 is 2.43 bits per heavy atom. The van der Waals surface area contributed by atoms with Crippen LogP contribution in [0.5, 0.6) is 5.75 Å². The zero-order valence-electron chi connectivity index (χ0n) is 14.0. The van der Waals surface area contributed by atoms with Gasteiger partial charge < -0.3 is 10.1 Å². The van der Waals surface area contributed by atoms with Crippen LogP contribution in [0.4, 0.5) is 0 Å². The van der Waals surface area contributed by atoms with E-state index in [9.17, 15) is 0 Å². The summed E-state index contributed by atoms with van der Waals surface area (Å²) in [6.45, 7) is 1.11. The molecule has 0 aliphatic heterocycles. The van der Waals surface area contributed by atoms with Crippen molar-refractivity contribution < 1.29 is 4.74 Å². The molecule has 120 valence electrons. The van der Waals surface area contributed by atoms with E-state index in [-0.39, 0.29) is 0 Å². The molecular weight excluding hydrogens is 282 g/mol. The molecule has 0 aromatic heterocycles. The third kappa shape index (κ3) is 2.46. The van der Waals surface area contributed by atoms with Gasteiger partial charge in [0.1, 0.15) is 5.75 Å². The van der Waals surface area contributed by atoms with Gasteiger partial charge in [0.15, 0.2) is 0 Å². The molecule has 0 unspecified atom stereocenters. The summed E-state index contributed by atoms with van der Waals surface area (Å²) in [4.78, 5) is 0. The van der Waals surface area contributed by atoms with E-state index in [1.807, 2.05) is 0 Å². The summed E-state index contributed by atoms with van der Waals surface area (Å²) in [7, 11) is 3.81. The molecule has 23 heavy (non-hydrogen) atoms. The van der Waals surface area contributed by atoms with Crippen LogP contribution in [0.3, 0.4) is 0 Å². The summed E-state index contributed by atoms with van der Waals surface area (Å²) in [5.41, 5.74) is 4.67. The monoisotopic (exact) mass is 307 g/mol. The first-order valence-corrected chi connectivity index (χ1v) is 8.69. The normalized spacial score (nSPS) is 28.4. The van der Waals surface area contributed by atoms with Crippen LogP contribution in [0.15, 0.2) is 48.5 Å². The number of benzene rings is 2.